The molecule has 0 aliphatic carbocycles. The van der Waals surface area contributed by atoms with Crippen molar-refractivity contribution in [3.05, 3.63) is 0 Å². The first kappa shape index (κ1) is 14.3. The number of hydrogen-bond donors (Lipinski definition) is 1. The van der Waals surface area contributed by atoms with Gasteiger partial charge in [0.15, 0.2) is 0 Å². The van der Waals surface area contributed by atoms with Crippen LogP contribution in [0.4, 0.5) is 0 Å². The fourth-order valence-electron chi connectivity index (χ4n) is 2.32. The highest BCUT2D eigenvalue weighted by molar-refractivity contribution is 7.99. The van der Waals surface area contributed by atoms with Gasteiger partial charge in [0.05, 0.1) is 0 Å². The monoisotopic (exact) mass is 244 g/mol. The highest BCUT2D eigenvalue weighted by atomic mass is 32.2. The lowest BCUT2D eigenvalue weighted by molar-refractivity contribution is 0.180. The van der Waals surface area contributed by atoms with Gasteiger partial charge in [-0.1, -0.05) is 6.92 Å². The number of thioether (sulfide) groups is 1. The molecule has 1 fully saturated rings. The molecule has 1 aliphatic rings. The van der Waals surface area contributed by atoms with E-state index in [2.05, 4.69) is 37.2 Å². The maximum Gasteiger partial charge on any atom is 0.0227 e. The molecule has 1 atom stereocenters. The molecule has 0 aromatic rings. The van der Waals surface area contributed by atoms with Gasteiger partial charge < -0.3 is 10.2 Å². The number of nitrogens with zero attached hydrogens (tertiary/aromatic N) is 1. The van der Waals surface area contributed by atoms with Crippen molar-refractivity contribution < 1.29 is 0 Å². The summed E-state index contributed by atoms with van der Waals surface area (Å²) < 4.78 is 0.395. The number of hydrogen-bond acceptors (Lipinski definition) is 3. The molecule has 0 aromatic heterocycles. The van der Waals surface area contributed by atoms with Crippen molar-refractivity contribution in [2.75, 3.05) is 32.4 Å². The van der Waals surface area contributed by atoms with Gasteiger partial charge in [0.2, 0.25) is 0 Å². The quantitative estimate of drug-likeness (QED) is 0.773. The molecule has 0 spiro atoms. The zero-order valence-corrected chi connectivity index (χ0v) is 12.2. The fourth-order valence-corrected chi connectivity index (χ4v) is 2.63. The topological polar surface area (TPSA) is 15.3 Å². The molecular weight excluding hydrogens is 216 g/mol. The second kappa shape index (κ2) is 6.87. The Bertz CT molecular complexity index is 194. The zero-order chi connectivity index (χ0) is 12.0. The lowest BCUT2D eigenvalue weighted by atomic mass is 10.0. The molecule has 1 heterocycles. The van der Waals surface area contributed by atoms with Crippen LogP contribution >= 0.6 is 11.8 Å². The molecule has 0 radical (unpaired) electrons. The first-order valence-corrected chi connectivity index (χ1v) is 7.81. The predicted molar refractivity (Wildman–Crippen MR) is 75.3 cm³/mol. The summed E-state index contributed by atoms with van der Waals surface area (Å²) in [6.07, 6.45) is 6.17. The van der Waals surface area contributed by atoms with Crippen molar-refractivity contribution in [2.24, 2.45) is 0 Å². The first-order valence-electron chi connectivity index (χ1n) is 6.58. The average molecular weight is 244 g/mol. The van der Waals surface area contributed by atoms with E-state index in [0.29, 0.717) is 4.75 Å². The van der Waals surface area contributed by atoms with Crippen LogP contribution in [0.1, 0.15) is 40.0 Å². The molecule has 96 valence electrons. The van der Waals surface area contributed by atoms with E-state index < -0.39 is 0 Å². The standard InChI is InChI=1S/C13H28N2S/c1-5-8-14-12-7-6-9-15(10-12)11-13(2,3)16-4/h12,14H,5-11H2,1-4H3. The molecule has 0 amide bonds. The maximum absolute atomic E-state index is 3.66. The van der Waals surface area contributed by atoms with Gasteiger partial charge in [-0.05, 0) is 52.5 Å². The Morgan fingerprint density at radius 1 is 1.44 bits per heavy atom. The Labute approximate surface area is 106 Å². The Kier molecular flexibility index (Phi) is 6.16. The Morgan fingerprint density at radius 2 is 2.19 bits per heavy atom. The normalized spacial score (nSPS) is 23.6. The van der Waals surface area contributed by atoms with E-state index in [1.54, 1.807) is 0 Å². The van der Waals surface area contributed by atoms with Crippen molar-refractivity contribution in [2.45, 2.75) is 50.8 Å². The number of rotatable bonds is 6. The minimum Gasteiger partial charge on any atom is -0.313 e. The second-order valence-corrected chi connectivity index (χ2v) is 7.01. The van der Waals surface area contributed by atoms with Gasteiger partial charge in [-0.25, -0.2) is 0 Å². The van der Waals surface area contributed by atoms with Crippen LogP contribution in [0.5, 0.6) is 0 Å². The molecule has 1 aliphatic heterocycles. The zero-order valence-electron chi connectivity index (χ0n) is 11.4. The maximum atomic E-state index is 3.66. The van der Waals surface area contributed by atoms with Gasteiger partial charge in [-0.3, -0.25) is 0 Å². The van der Waals surface area contributed by atoms with Crippen LogP contribution in [0, 0.1) is 0 Å². The molecule has 1 saturated heterocycles. The van der Waals surface area contributed by atoms with Crippen molar-refractivity contribution in [1.29, 1.82) is 0 Å². The Morgan fingerprint density at radius 3 is 2.81 bits per heavy atom. The molecule has 0 aromatic carbocycles. The van der Waals surface area contributed by atoms with Crippen LogP contribution in [0.15, 0.2) is 0 Å². The van der Waals surface area contributed by atoms with Gasteiger partial charge >= 0.3 is 0 Å². The van der Waals surface area contributed by atoms with E-state index >= 15 is 0 Å². The first-order chi connectivity index (χ1) is 7.57. The summed E-state index contributed by atoms with van der Waals surface area (Å²) in [7, 11) is 0. The highest BCUT2D eigenvalue weighted by Crippen LogP contribution is 2.24. The Balaban J connectivity index is 2.32. The van der Waals surface area contributed by atoms with E-state index in [-0.39, 0.29) is 0 Å². The third kappa shape index (κ3) is 5.07. The van der Waals surface area contributed by atoms with Gasteiger partial charge in [-0.15, -0.1) is 0 Å². The average Bonchev–Trinajstić information content (AvgIpc) is 2.26. The molecule has 2 nitrogen and oxygen atoms in total. The smallest absolute Gasteiger partial charge is 0.0227 e. The summed E-state index contributed by atoms with van der Waals surface area (Å²) in [4.78, 5) is 2.63. The number of piperidine rings is 1. The minimum absolute atomic E-state index is 0.395. The van der Waals surface area contributed by atoms with E-state index in [4.69, 9.17) is 0 Å². The van der Waals surface area contributed by atoms with Gasteiger partial charge in [0.25, 0.3) is 0 Å². The summed E-state index contributed by atoms with van der Waals surface area (Å²) in [6, 6.07) is 0.728. The molecule has 3 heteroatoms. The summed E-state index contributed by atoms with van der Waals surface area (Å²) in [5.74, 6) is 0. The third-order valence-electron chi connectivity index (χ3n) is 3.35. The van der Waals surface area contributed by atoms with E-state index in [0.717, 1.165) is 6.04 Å². The summed E-state index contributed by atoms with van der Waals surface area (Å²) >= 11 is 1.98. The summed E-state index contributed by atoms with van der Waals surface area (Å²) in [6.45, 7) is 11.9. The van der Waals surface area contributed by atoms with Crippen LogP contribution in [-0.4, -0.2) is 48.1 Å². The number of likely N-dealkylation sites (tertiary alicyclic amines) is 1. The third-order valence-corrected chi connectivity index (χ3v) is 4.58. The molecule has 1 rings (SSSR count). The van der Waals surface area contributed by atoms with Crippen molar-refractivity contribution in [3.8, 4) is 0 Å². The lowest BCUT2D eigenvalue weighted by Crippen LogP contribution is -2.49. The van der Waals surface area contributed by atoms with Crippen LogP contribution in [0.2, 0.25) is 0 Å². The van der Waals surface area contributed by atoms with Gasteiger partial charge in [0, 0.05) is 23.9 Å². The molecular formula is C13H28N2S. The Hall–Kier alpha value is 0.270. The predicted octanol–water partition coefficient (Wildman–Crippen LogP) is 2.59. The van der Waals surface area contributed by atoms with Gasteiger partial charge in [0.1, 0.15) is 0 Å². The van der Waals surface area contributed by atoms with Crippen molar-refractivity contribution in [1.82, 2.24) is 10.2 Å². The van der Waals surface area contributed by atoms with Crippen LogP contribution in [-0.2, 0) is 0 Å². The largest absolute Gasteiger partial charge is 0.313 e. The van der Waals surface area contributed by atoms with E-state index in [1.165, 1.54) is 45.4 Å². The molecule has 1 unspecified atom stereocenters. The molecule has 0 bridgehead atoms. The minimum atomic E-state index is 0.395. The molecule has 16 heavy (non-hydrogen) atoms. The van der Waals surface area contributed by atoms with Crippen molar-refractivity contribution >= 4 is 11.8 Å². The lowest BCUT2D eigenvalue weighted by Gasteiger charge is -2.37. The van der Waals surface area contributed by atoms with Crippen LogP contribution < -0.4 is 5.32 Å². The second-order valence-electron chi connectivity index (χ2n) is 5.49. The number of nitrogens with one attached hydrogen (secondary N) is 1. The van der Waals surface area contributed by atoms with Crippen LogP contribution in [0.3, 0.4) is 0 Å². The summed E-state index contributed by atoms with van der Waals surface area (Å²) in [5.41, 5.74) is 0. The van der Waals surface area contributed by atoms with Gasteiger partial charge in [-0.2, -0.15) is 11.8 Å². The highest BCUT2D eigenvalue weighted by Gasteiger charge is 2.25. The van der Waals surface area contributed by atoms with Crippen LogP contribution in [0.25, 0.3) is 0 Å². The van der Waals surface area contributed by atoms with E-state index in [9.17, 15) is 0 Å². The molecule has 0 saturated carbocycles. The van der Waals surface area contributed by atoms with E-state index in [1.807, 2.05) is 11.8 Å². The molecule has 1 N–H and O–H groups in total. The SMILES string of the molecule is CCCNC1CCCN(CC(C)(C)SC)C1. The fraction of sp³-hybridized carbons (Fsp3) is 1.00. The summed E-state index contributed by atoms with van der Waals surface area (Å²) in [5, 5.41) is 3.66. The van der Waals surface area contributed by atoms with Crippen molar-refractivity contribution in [3.63, 3.8) is 0 Å².